The Balaban J connectivity index is 2.73. The molecule has 112 valence electrons. The first-order valence-corrected chi connectivity index (χ1v) is 7.74. The smallest absolute Gasteiger partial charge is 0.347 e. The molecule has 0 saturated carbocycles. The van der Waals surface area contributed by atoms with Crippen molar-refractivity contribution in [2.75, 3.05) is 13.2 Å². The Morgan fingerprint density at radius 3 is 2.65 bits per heavy atom. The molecule has 0 aliphatic heterocycles. The molecule has 1 aromatic rings. The Kier molecular flexibility index (Phi) is 7.62. The Bertz CT molecular complexity index is 437. The number of rotatable bonds is 8. The van der Waals surface area contributed by atoms with E-state index >= 15 is 0 Å². The minimum atomic E-state index is -0.564. The molecule has 1 atom stereocenters. The van der Waals surface area contributed by atoms with Gasteiger partial charge in [-0.1, -0.05) is 19.9 Å². The van der Waals surface area contributed by atoms with Gasteiger partial charge >= 0.3 is 5.97 Å². The van der Waals surface area contributed by atoms with E-state index in [1.165, 1.54) is 0 Å². The van der Waals surface area contributed by atoms with Crippen LogP contribution in [0.3, 0.4) is 0 Å². The fourth-order valence-corrected chi connectivity index (χ4v) is 2.23. The van der Waals surface area contributed by atoms with Crippen molar-refractivity contribution in [1.29, 1.82) is 0 Å². The predicted octanol–water partition coefficient (Wildman–Crippen LogP) is 3.28. The maximum atomic E-state index is 11.7. The highest BCUT2D eigenvalue weighted by molar-refractivity contribution is 9.10. The Hall–Kier alpha value is -1.07. The topological polar surface area (TPSA) is 47.6 Å². The van der Waals surface area contributed by atoms with E-state index in [4.69, 9.17) is 9.47 Å². The highest BCUT2D eigenvalue weighted by Gasteiger charge is 2.20. The normalized spacial score (nSPS) is 12.0. The van der Waals surface area contributed by atoms with E-state index in [1.807, 2.05) is 25.1 Å². The summed E-state index contributed by atoms with van der Waals surface area (Å²) in [5.41, 5.74) is 1.16. The Morgan fingerprint density at radius 2 is 2.10 bits per heavy atom. The number of hydrogen-bond donors (Lipinski definition) is 1. The molecule has 0 saturated heterocycles. The maximum Gasteiger partial charge on any atom is 0.347 e. The molecule has 1 unspecified atom stereocenters. The average Bonchev–Trinajstić information content (AvgIpc) is 2.44. The summed E-state index contributed by atoms with van der Waals surface area (Å²) >= 11 is 3.48. The number of carbonyl (C=O) groups is 1. The molecule has 1 N–H and O–H groups in total. The third-order valence-corrected chi connectivity index (χ3v) is 3.38. The molecule has 0 aliphatic carbocycles. The standard InChI is InChI=1S/C15H22BrNO3/c1-4-13(15(18)19-6-3)20-14-8-7-11(9-12(14)16)10-17-5-2/h7-9,13,17H,4-6,10H2,1-3H3. The van der Waals surface area contributed by atoms with Crippen molar-refractivity contribution in [1.82, 2.24) is 5.32 Å². The number of esters is 1. The summed E-state index contributed by atoms with van der Waals surface area (Å²) in [5.74, 6) is 0.337. The lowest BCUT2D eigenvalue weighted by Gasteiger charge is -2.17. The van der Waals surface area contributed by atoms with Gasteiger partial charge in [0.1, 0.15) is 5.75 Å². The molecule has 0 aromatic heterocycles. The van der Waals surface area contributed by atoms with Gasteiger partial charge in [-0.25, -0.2) is 4.79 Å². The third-order valence-electron chi connectivity index (χ3n) is 2.76. The highest BCUT2D eigenvalue weighted by atomic mass is 79.9. The number of halogens is 1. The molecule has 1 rings (SSSR count). The molecule has 0 heterocycles. The quantitative estimate of drug-likeness (QED) is 0.736. The summed E-state index contributed by atoms with van der Waals surface area (Å²) in [5, 5.41) is 3.26. The van der Waals surface area contributed by atoms with Crippen LogP contribution in [0.15, 0.2) is 22.7 Å². The molecular weight excluding hydrogens is 322 g/mol. The zero-order valence-electron chi connectivity index (χ0n) is 12.2. The highest BCUT2D eigenvalue weighted by Crippen LogP contribution is 2.27. The molecule has 0 aliphatic rings. The lowest BCUT2D eigenvalue weighted by atomic mass is 10.2. The van der Waals surface area contributed by atoms with Gasteiger partial charge in [0.05, 0.1) is 11.1 Å². The molecule has 20 heavy (non-hydrogen) atoms. The number of ether oxygens (including phenoxy) is 2. The van der Waals surface area contributed by atoms with E-state index < -0.39 is 6.10 Å². The van der Waals surface area contributed by atoms with Crippen LogP contribution in [0.4, 0.5) is 0 Å². The van der Waals surface area contributed by atoms with Crippen LogP contribution in [0.25, 0.3) is 0 Å². The Morgan fingerprint density at radius 1 is 1.35 bits per heavy atom. The van der Waals surface area contributed by atoms with Crippen LogP contribution < -0.4 is 10.1 Å². The third kappa shape index (κ3) is 5.13. The van der Waals surface area contributed by atoms with Gasteiger partial charge in [-0.2, -0.15) is 0 Å². The number of carbonyl (C=O) groups excluding carboxylic acids is 1. The second kappa shape index (κ2) is 8.97. The van der Waals surface area contributed by atoms with Gasteiger partial charge in [-0.05, 0) is 53.5 Å². The second-order valence-corrected chi connectivity index (χ2v) is 5.17. The van der Waals surface area contributed by atoms with Crippen molar-refractivity contribution >= 4 is 21.9 Å². The number of hydrogen-bond acceptors (Lipinski definition) is 4. The van der Waals surface area contributed by atoms with Crippen LogP contribution in [-0.2, 0) is 16.1 Å². The van der Waals surface area contributed by atoms with Gasteiger partial charge in [0.25, 0.3) is 0 Å². The molecule has 0 radical (unpaired) electrons. The molecule has 0 amide bonds. The van der Waals surface area contributed by atoms with Crippen LogP contribution in [0.5, 0.6) is 5.75 Å². The molecule has 0 spiro atoms. The van der Waals surface area contributed by atoms with E-state index in [9.17, 15) is 4.79 Å². The van der Waals surface area contributed by atoms with Crippen LogP contribution in [0, 0.1) is 0 Å². The van der Waals surface area contributed by atoms with E-state index in [0.717, 1.165) is 23.1 Å². The van der Waals surface area contributed by atoms with Crippen LogP contribution >= 0.6 is 15.9 Å². The van der Waals surface area contributed by atoms with Crippen LogP contribution in [0.2, 0.25) is 0 Å². The van der Waals surface area contributed by atoms with Crippen molar-refractivity contribution < 1.29 is 14.3 Å². The van der Waals surface area contributed by atoms with E-state index in [2.05, 4.69) is 28.2 Å². The van der Waals surface area contributed by atoms with Crippen LogP contribution in [-0.4, -0.2) is 25.2 Å². The average molecular weight is 344 g/mol. The van der Waals surface area contributed by atoms with Gasteiger partial charge < -0.3 is 14.8 Å². The van der Waals surface area contributed by atoms with Crippen molar-refractivity contribution in [3.05, 3.63) is 28.2 Å². The fourth-order valence-electron chi connectivity index (χ4n) is 1.71. The van der Waals surface area contributed by atoms with Crippen molar-refractivity contribution in [3.8, 4) is 5.75 Å². The predicted molar refractivity (Wildman–Crippen MR) is 82.9 cm³/mol. The lowest BCUT2D eigenvalue weighted by molar-refractivity contribution is -0.151. The zero-order valence-corrected chi connectivity index (χ0v) is 13.8. The monoisotopic (exact) mass is 343 g/mol. The summed E-state index contributed by atoms with van der Waals surface area (Å²) < 4.78 is 11.6. The first-order chi connectivity index (χ1) is 9.62. The first-order valence-electron chi connectivity index (χ1n) is 6.94. The van der Waals surface area contributed by atoms with Crippen molar-refractivity contribution in [2.24, 2.45) is 0 Å². The minimum Gasteiger partial charge on any atom is -0.478 e. The molecule has 1 aromatic carbocycles. The van der Waals surface area contributed by atoms with Gasteiger partial charge in [0, 0.05) is 6.54 Å². The van der Waals surface area contributed by atoms with Crippen molar-refractivity contribution in [2.45, 2.75) is 39.8 Å². The van der Waals surface area contributed by atoms with Gasteiger partial charge in [-0.3, -0.25) is 0 Å². The van der Waals surface area contributed by atoms with Crippen LogP contribution in [0.1, 0.15) is 32.8 Å². The lowest BCUT2D eigenvalue weighted by Crippen LogP contribution is -2.28. The molecule has 0 bridgehead atoms. The maximum absolute atomic E-state index is 11.7. The Labute approximate surface area is 129 Å². The molecule has 5 heteroatoms. The van der Waals surface area contributed by atoms with Gasteiger partial charge in [-0.15, -0.1) is 0 Å². The second-order valence-electron chi connectivity index (χ2n) is 4.31. The minimum absolute atomic E-state index is 0.321. The van der Waals surface area contributed by atoms with Gasteiger partial charge in [0.2, 0.25) is 0 Å². The summed E-state index contributed by atoms with van der Waals surface area (Å²) in [6.45, 7) is 7.85. The van der Waals surface area contributed by atoms with Gasteiger partial charge in [0.15, 0.2) is 6.10 Å². The molecule has 0 fully saturated rings. The molecular formula is C15H22BrNO3. The summed E-state index contributed by atoms with van der Waals surface area (Å²) in [6, 6.07) is 5.86. The molecule has 4 nitrogen and oxygen atoms in total. The largest absolute Gasteiger partial charge is 0.478 e. The summed E-state index contributed by atoms with van der Waals surface area (Å²) in [4.78, 5) is 11.7. The first kappa shape index (κ1) is 17.0. The van der Waals surface area contributed by atoms with Crippen molar-refractivity contribution in [3.63, 3.8) is 0 Å². The zero-order chi connectivity index (χ0) is 15.0. The fraction of sp³-hybridized carbons (Fsp3) is 0.533. The van der Waals surface area contributed by atoms with E-state index in [1.54, 1.807) is 6.92 Å². The SMILES string of the molecule is CCNCc1ccc(OC(CC)C(=O)OCC)c(Br)c1. The number of benzene rings is 1. The summed E-state index contributed by atoms with van der Waals surface area (Å²) in [6.07, 6.45) is 0.00981. The summed E-state index contributed by atoms with van der Waals surface area (Å²) in [7, 11) is 0. The number of nitrogens with one attached hydrogen (secondary N) is 1. The van der Waals surface area contributed by atoms with E-state index in [0.29, 0.717) is 18.8 Å². The van der Waals surface area contributed by atoms with E-state index in [-0.39, 0.29) is 5.97 Å².